The van der Waals surface area contributed by atoms with Crippen LogP contribution in [0.5, 0.6) is 0 Å². The Hall–Kier alpha value is -7.57. The minimum atomic E-state index is 0.673. The maximum absolute atomic E-state index is 5.43. The van der Waals surface area contributed by atoms with Gasteiger partial charge in [-0.1, -0.05) is 121 Å². The zero-order valence-corrected chi connectivity index (χ0v) is 35.0. The molecular formula is C57H35N3S2. The molecule has 3 nitrogen and oxygen atoms in total. The van der Waals surface area contributed by atoms with Gasteiger partial charge in [0.1, 0.15) is 0 Å². The predicted molar refractivity (Wildman–Crippen MR) is 264 cm³/mol. The fraction of sp³-hybridized carbons (Fsp3) is 0. The molecule has 0 unspecified atom stereocenters. The Bertz CT molecular complexity index is 3410. The molecule has 0 spiro atoms. The van der Waals surface area contributed by atoms with Crippen LogP contribution in [-0.2, 0) is 0 Å². The van der Waals surface area contributed by atoms with Crippen LogP contribution >= 0.6 is 22.7 Å². The van der Waals surface area contributed by atoms with Crippen LogP contribution in [-0.4, -0.2) is 15.0 Å². The van der Waals surface area contributed by atoms with Crippen molar-refractivity contribution < 1.29 is 0 Å². The van der Waals surface area contributed by atoms with Crippen LogP contribution in [0.25, 0.3) is 119 Å². The Morgan fingerprint density at radius 3 is 1.39 bits per heavy atom. The zero-order chi connectivity index (χ0) is 41.0. The first-order chi connectivity index (χ1) is 30.7. The fourth-order valence-corrected chi connectivity index (χ4v) is 10.8. The summed E-state index contributed by atoms with van der Waals surface area (Å²) in [6, 6.07) is 72.1. The standard InChI is InChI=1S/C57H35N3S2/c1-2-11-36(12-3-1)37-13-9-16-42(28-37)57-59-51(41-15-8-14-38(27-41)43-17-10-26-58-35-43)34-52(60-57)46-30-44(39-22-24-55-49(32-39)47-18-4-6-20-53(47)61-55)29-45(31-46)40-23-25-56-50(33-40)48-19-5-7-21-54(48)62-56/h1-35H. The molecule has 0 amide bonds. The maximum atomic E-state index is 5.43. The second-order valence-electron chi connectivity index (χ2n) is 15.6. The van der Waals surface area contributed by atoms with E-state index in [1.165, 1.54) is 51.5 Å². The lowest BCUT2D eigenvalue weighted by Crippen LogP contribution is -1.97. The van der Waals surface area contributed by atoms with Gasteiger partial charge in [0.2, 0.25) is 0 Å². The second kappa shape index (κ2) is 15.2. The highest BCUT2D eigenvalue weighted by Crippen LogP contribution is 2.41. The van der Waals surface area contributed by atoms with Gasteiger partial charge in [-0.05, 0) is 118 Å². The zero-order valence-electron chi connectivity index (χ0n) is 33.4. The van der Waals surface area contributed by atoms with Crippen LogP contribution in [0.3, 0.4) is 0 Å². The Kier molecular flexibility index (Phi) is 8.87. The van der Waals surface area contributed by atoms with Crippen LogP contribution in [0.2, 0.25) is 0 Å². The summed E-state index contributed by atoms with van der Waals surface area (Å²) in [5.74, 6) is 0.673. The molecule has 4 heterocycles. The smallest absolute Gasteiger partial charge is 0.160 e. The SMILES string of the molecule is c1ccc(-c2cccc(-c3nc(-c4cccc(-c5cccnc5)c4)cc(-c4cc(-c5ccc6sc7ccccc7c6c5)cc(-c5ccc6sc7ccccc7c6c5)c4)n3)c2)cc1. The molecule has 0 bridgehead atoms. The number of fused-ring (bicyclic) bond motifs is 6. The number of hydrogen-bond donors (Lipinski definition) is 0. The van der Waals surface area contributed by atoms with Crippen molar-refractivity contribution in [3.63, 3.8) is 0 Å². The van der Waals surface area contributed by atoms with Crippen LogP contribution < -0.4 is 0 Å². The van der Waals surface area contributed by atoms with E-state index >= 15 is 0 Å². The van der Waals surface area contributed by atoms with E-state index < -0.39 is 0 Å². The summed E-state index contributed by atoms with van der Waals surface area (Å²) in [4.78, 5) is 15.2. The van der Waals surface area contributed by atoms with Gasteiger partial charge < -0.3 is 0 Å². The molecule has 4 aromatic heterocycles. The number of rotatable bonds is 7. The third-order valence-electron chi connectivity index (χ3n) is 11.8. The quantitative estimate of drug-likeness (QED) is 0.161. The van der Waals surface area contributed by atoms with Crippen molar-refractivity contribution in [3.05, 3.63) is 213 Å². The molecule has 0 aliphatic rings. The van der Waals surface area contributed by atoms with E-state index in [2.05, 4.69) is 199 Å². The fourth-order valence-electron chi connectivity index (χ4n) is 8.65. The van der Waals surface area contributed by atoms with Crippen LogP contribution in [0.1, 0.15) is 0 Å². The number of nitrogens with zero attached hydrogens (tertiary/aromatic N) is 3. The topological polar surface area (TPSA) is 38.7 Å². The highest BCUT2D eigenvalue weighted by Gasteiger charge is 2.17. The van der Waals surface area contributed by atoms with Crippen molar-refractivity contribution >= 4 is 63.0 Å². The van der Waals surface area contributed by atoms with E-state index in [0.717, 1.165) is 61.5 Å². The van der Waals surface area contributed by atoms with Crippen LogP contribution in [0.4, 0.5) is 0 Å². The molecule has 12 aromatic rings. The molecule has 0 saturated carbocycles. The molecule has 0 radical (unpaired) electrons. The van der Waals surface area contributed by atoms with Crippen LogP contribution in [0, 0.1) is 0 Å². The summed E-state index contributed by atoms with van der Waals surface area (Å²) in [6.45, 7) is 0. The van der Waals surface area contributed by atoms with E-state index in [9.17, 15) is 0 Å². The lowest BCUT2D eigenvalue weighted by Gasteiger charge is -2.14. The van der Waals surface area contributed by atoms with E-state index in [-0.39, 0.29) is 0 Å². The van der Waals surface area contributed by atoms with Crippen molar-refractivity contribution in [1.29, 1.82) is 0 Å². The first-order valence-electron chi connectivity index (χ1n) is 20.7. The van der Waals surface area contributed by atoms with Crippen molar-refractivity contribution in [3.8, 4) is 78.4 Å². The van der Waals surface area contributed by atoms with E-state index in [0.29, 0.717) is 5.82 Å². The summed E-state index contributed by atoms with van der Waals surface area (Å²) in [6.07, 6.45) is 3.72. The lowest BCUT2D eigenvalue weighted by molar-refractivity contribution is 1.18. The monoisotopic (exact) mass is 825 g/mol. The molecule has 12 rings (SSSR count). The number of benzene rings is 8. The van der Waals surface area contributed by atoms with E-state index in [1.807, 2.05) is 41.1 Å². The van der Waals surface area contributed by atoms with Gasteiger partial charge in [0.25, 0.3) is 0 Å². The third-order valence-corrected chi connectivity index (χ3v) is 14.1. The molecule has 0 aliphatic carbocycles. The highest BCUT2D eigenvalue weighted by molar-refractivity contribution is 7.26. The first-order valence-corrected chi connectivity index (χ1v) is 22.3. The van der Waals surface area contributed by atoms with Gasteiger partial charge >= 0.3 is 0 Å². The predicted octanol–water partition coefficient (Wildman–Crippen LogP) is 16.3. The summed E-state index contributed by atoms with van der Waals surface area (Å²) in [5.41, 5.74) is 13.7. The molecule has 62 heavy (non-hydrogen) atoms. The number of aromatic nitrogens is 3. The number of hydrogen-bond acceptors (Lipinski definition) is 5. The molecule has 8 aromatic carbocycles. The average molecular weight is 826 g/mol. The normalized spacial score (nSPS) is 11.5. The van der Waals surface area contributed by atoms with Crippen molar-refractivity contribution in [2.45, 2.75) is 0 Å². The molecular weight excluding hydrogens is 791 g/mol. The molecule has 0 fully saturated rings. The Morgan fingerprint density at radius 2 is 0.742 bits per heavy atom. The molecule has 5 heteroatoms. The first kappa shape index (κ1) is 36.3. The van der Waals surface area contributed by atoms with Gasteiger partial charge in [-0.3, -0.25) is 4.98 Å². The molecule has 290 valence electrons. The summed E-state index contributed by atoms with van der Waals surface area (Å²) < 4.78 is 5.18. The van der Waals surface area contributed by atoms with Crippen molar-refractivity contribution in [2.24, 2.45) is 0 Å². The average Bonchev–Trinajstić information content (AvgIpc) is 3.92. The molecule has 0 atom stereocenters. The maximum Gasteiger partial charge on any atom is 0.160 e. The summed E-state index contributed by atoms with van der Waals surface area (Å²) in [7, 11) is 0. The van der Waals surface area contributed by atoms with Crippen LogP contribution in [0.15, 0.2) is 213 Å². The Balaban J connectivity index is 1.08. The second-order valence-corrected chi connectivity index (χ2v) is 17.8. The Labute approximate surface area is 366 Å². The summed E-state index contributed by atoms with van der Waals surface area (Å²) in [5, 5.41) is 5.13. The van der Waals surface area contributed by atoms with Gasteiger partial charge in [0, 0.05) is 75.0 Å². The number of thiophene rings is 2. The minimum absolute atomic E-state index is 0.673. The molecule has 0 aliphatic heterocycles. The minimum Gasteiger partial charge on any atom is -0.264 e. The summed E-state index contributed by atoms with van der Waals surface area (Å²) >= 11 is 3.69. The van der Waals surface area contributed by atoms with Gasteiger partial charge in [-0.25, -0.2) is 9.97 Å². The Morgan fingerprint density at radius 1 is 0.274 bits per heavy atom. The third kappa shape index (κ3) is 6.65. The van der Waals surface area contributed by atoms with Crippen molar-refractivity contribution in [1.82, 2.24) is 15.0 Å². The largest absolute Gasteiger partial charge is 0.264 e. The lowest BCUT2D eigenvalue weighted by atomic mass is 9.93. The van der Waals surface area contributed by atoms with Crippen molar-refractivity contribution in [2.75, 3.05) is 0 Å². The van der Waals surface area contributed by atoms with Gasteiger partial charge in [0.05, 0.1) is 11.4 Å². The van der Waals surface area contributed by atoms with Gasteiger partial charge in [-0.15, -0.1) is 22.7 Å². The number of pyridine rings is 1. The molecule has 0 saturated heterocycles. The van der Waals surface area contributed by atoms with E-state index in [1.54, 1.807) is 0 Å². The van der Waals surface area contributed by atoms with Gasteiger partial charge in [-0.2, -0.15) is 0 Å². The highest BCUT2D eigenvalue weighted by atomic mass is 32.1. The van der Waals surface area contributed by atoms with Gasteiger partial charge in [0.15, 0.2) is 5.82 Å². The molecule has 0 N–H and O–H groups in total. The van der Waals surface area contributed by atoms with E-state index in [4.69, 9.17) is 9.97 Å².